The van der Waals surface area contributed by atoms with Crippen LogP contribution < -0.4 is 0 Å². The van der Waals surface area contributed by atoms with Crippen LogP contribution in [0.3, 0.4) is 0 Å². The molecule has 1 radical (unpaired) electrons. The highest BCUT2D eigenvalue weighted by atomic mass is 32.2. The lowest BCUT2D eigenvalue weighted by molar-refractivity contribution is 0.467. The van der Waals surface area contributed by atoms with E-state index in [1.54, 1.807) is 18.2 Å². The second-order valence-electron chi connectivity index (χ2n) is 2.55. The van der Waals surface area contributed by atoms with E-state index >= 15 is 0 Å². The molecule has 0 fully saturated rings. The number of rotatable bonds is 3. The highest BCUT2D eigenvalue weighted by molar-refractivity contribution is 7.86. The molecule has 0 aromatic carbocycles. The van der Waals surface area contributed by atoms with Gasteiger partial charge in [-0.05, 0) is 18.6 Å². The molecule has 0 aliphatic heterocycles. The maximum atomic E-state index is 10.8. The van der Waals surface area contributed by atoms with Gasteiger partial charge in [0.2, 0.25) is 0 Å². The molecular weight excluding hydrogens is 190 g/mol. The van der Waals surface area contributed by atoms with Crippen LogP contribution in [0.1, 0.15) is 17.4 Å². The summed E-state index contributed by atoms with van der Waals surface area (Å²) in [4.78, 5) is 3.84. The van der Waals surface area contributed by atoms with Gasteiger partial charge in [-0.25, -0.2) is 0 Å². The van der Waals surface area contributed by atoms with Gasteiger partial charge in [-0.1, -0.05) is 13.0 Å². The van der Waals surface area contributed by atoms with Gasteiger partial charge in [0.05, 0.1) is 5.69 Å². The quantitative estimate of drug-likeness (QED) is 0.745. The predicted molar refractivity (Wildman–Crippen MR) is 48.5 cm³/mol. The number of hydrogen-bond donors (Lipinski definition) is 1. The van der Waals surface area contributed by atoms with Crippen LogP contribution in [0.25, 0.3) is 0 Å². The monoisotopic (exact) mass is 200 g/mol. The molecule has 0 aliphatic rings. The van der Waals surface area contributed by atoms with E-state index in [9.17, 15) is 8.42 Å². The predicted octanol–water partition coefficient (Wildman–Crippen LogP) is 1.23. The highest BCUT2D eigenvalue weighted by Crippen LogP contribution is 2.21. The van der Waals surface area contributed by atoms with Crippen LogP contribution >= 0.6 is 0 Å². The Morgan fingerprint density at radius 2 is 2.23 bits per heavy atom. The molecule has 1 aromatic heterocycles. The Kier molecular flexibility index (Phi) is 3.00. The summed E-state index contributed by atoms with van der Waals surface area (Å²) in [6, 6.07) is 4.88. The van der Waals surface area contributed by atoms with E-state index in [1.807, 2.05) is 0 Å². The van der Waals surface area contributed by atoms with Crippen molar-refractivity contribution in [2.75, 3.05) is 0 Å². The molecule has 1 unspecified atom stereocenters. The Bertz CT molecular complexity index is 360. The van der Waals surface area contributed by atoms with E-state index in [4.69, 9.17) is 4.55 Å². The molecule has 0 saturated carbocycles. The first-order chi connectivity index (χ1) is 6.05. The van der Waals surface area contributed by atoms with E-state index in [-0.39, 0.29) is 6.42 Å². The Labute approximate surface area is 77.4 Å². The van der Waals surface area contributed by atoms with Crippen molar-refractivity contribution in [1.82, 2.24) is 4.98 Å². The number of nitrogens with zero attached hydrogens (tertiary/aromatic N) is 1. The van der Waals surface area contributed by atoms with E-state index in [0.29, 0.717) is 5.69 Å². The molecule has 1 aromatic rings. The van der Waals surface area contributed by atoms with Crippen LogP contribution in [0.5, 0.6) is 0 Å². The molecule has 71 valence electrons. The first kappa shape index (κ1) is 10.1. The van der Waals surface area contributed by atoms with Crippen molar-refractivity contribution in [3.63, 3.8) is 0 Å². The molecule has 0 amide bonds. The van der Waals surface area contributed by atoms with Gasteiger partial charge < -0.3 is 0 Å². The third kappa shape index (κ3) is 2.50. The van der Waals surface area contributed by atoms with Crippen molar-refractivity contribution in [3.05, 3.63) is 37.0 Å². The van der Waals surface area contributed by atoms with Crippen LogP contribution in [0.2, 0.25) is 0 Å². The average molecular weight is 200 g/mol. The van der Waals surface area contributed by atoms with Gasteiger partial charge in [-0.2, -0.15) is 8.42 Å². The standard InChI is InChI=1S/C8H10NO3S/c1-2-8(13(10,11)12)7-5-3-4-6-9-7/h3-6,8H,1-2H2,(H,10,11,12). The zero-order chi connectivity index (χ0) is 9.90. The third-order valence-electron chi connectivity index (χ3n) is 1.64. The number of pyridine rings is 1. The van der Waals surface area contributed by atoms with Crippen LogP contribution in [0.4, 0.5) is 0 Å². The zero-order valence-corrected chi connectivity index (χ0v) is 7.74. The molecule has 0 aliphatic carbocycles. The number of aromatic nitrogens is 1. The summed E-state index contributed by atoms with van der Waals surface area (Å²) in [6.45, 7) is 3.45. The summed E-state index contributed by atoms with van der Waals surface area (Å²) in [5, 5.41) is -1.02. The lowest BCUT2D eigenvalue weighted by Crippen LogP contribution is -2.12. The summed E-state index contributed by atoms with van der Waals surface area (Å²) in [5.74, 6) is 0. The van der Waals surface area contributed by atoms with Gasteiger partial charge in [0.15, 0.2) is 0 Å². The minimum Gasteiger partial charge on any atom is -0.285 e. The molecule has 4 nitrogen and oxygen atoms in total. The molecule has 1 atom stereocenters. The van der Waals surface area contributed by atoms with Gasteiger partial charge in [0, 0.05) is 6.20 Å². The summed E-state index contributed by atoms with van der Waals surface area (Å²) >= 11 is 0. The van der Waals surface area contributed by atoms with Crippen molar-refractivity contribution in [2.45, 2.75) is 11.7 Å². The van der Waals surface area contributed by atoms with Crippen LogP contribution in [0.15, 0.2) is 24.4 Å². The fourth-order valence-electron chi connectivity index (χ4n) is 1.02. The maximum absolute atomic E-state index is 10.8. The highest BCUT2D eigenvalue weighted by Gasteiger charge is 2.23. The Balaban J connectivity index is 3.06. The average Bonchev–Trinajstić information content (AvgIpc) is 2.05. The first-order valence-electron chi connectivity index (χ1n) is 3.72. The minimum atomic E-state index is -4.09. The van der Waals surface area contributed by atoms with E-state index in [0.717, 1.165) is 0 Å². The summed E-state index contributed by atoms with van der Waals surface area (Å²) < 4.78 is 30.5. The van der Waals surface area contributed by atoms with Gasteiger partial charge in [-0.3, -0.25) is 9.54 Å². The van der Waals surface area contributed by atoms with Gasteiger partial charge >= 0.3 is 0 Å². The van der Waals surface area contributed by atoms with Gasteiger partial charge in [0.1, 0.15) is 5.25 Å². The Hall–Kier alpha value is -0.940. The molecule has 5 heteroatoms. The minimum absolute atomic E-state index is 0.0653. The normalized spacial score (nSPS) is 14.0. The molecule has 0 spiro atoms. The SMILES string of the molecule is [CH2]CC(c1ccccn1)S(=O)(=O)O. The largest absolute Gasteiger partial charge is 0.285 e. The third-order valence-corrected chi connectivity index (χ3v) is 2.84. The van der Waals surface area contributed by atoms with E-state index in [1.165, 1.54) is 6.20 Å². The van der Waals surface area contributed by atoms with Crippen molar-refractivity contribution >= 4 is 10.1 Å². The van der Waals surface area contributed by atoms with Crippen molar-refractivity contribution in [1.29, 1.82) is 0 Å². The summed E-state index contributed by atoms with van der Waals surface area (Å²) in [5.41, 5.74) is 0.319. The summed E-state index contributed by atoms with van der Waals surface area (Å²) in [7, 11) is -4.09. The second kappa shape index (κ2) is 3.85. The molecule has 13 heavy (non-hydrogen) atoms. The van der Waals surface area contributed by atoms with Crippen molar-refractivity contribution < 1.29 is 13.0 Å². The van der Waals surface area contributed by atoms with Crippen molar-refractivity contribution in [3.8, 4) is 0 Å². The zero-order valence-electron chi connectivity index (χ0n) is 6.92. The lowest BCUT2D eigenvalue weighted by atomic mass is 10.2. The maximum Gasteiger partial charge on any atom is 0.273 e. The smallest absolute Gasteiger partial charge is 0.273 e. The van der Waals surface area contributed by atoms with Crippen LogP contribution in [-0.2, 0) is 10.1 Å². The Morgan fingerprint density at radius 3 is 2.62 bits per heavy atom. The summed E-state index contributed by atoms with van der Waals surface area (Å²) in [6.07, 6.45) is 1.54. The molecule has 0 bridgehead atoms. The van der Waals surface area contributed by atoms with E-state index in [2.05, 4.69) is 11.9 Å². The van der Waals surface area contributed by atoms with Crippen LogP contribution in [0, 0.1) is 6.92 Å². The topological polar surface area (TPSA) is 67.3 Å². The second-order valence-corrected chi connectivity index (χ2v) is 4.15. The van der Waals surface area contributed by atoms with E-state index < -0.39 is 15.4 Å². The Morgan fingerprint density at radius 1 is 1.54 bits per heavy atom. The van der Waals surface area contributed by atoms with Gasteiger partial charge in [-0.15, -0.1) is 0 Å². The van der Waals surface area contributed by atoms with Crippen molar-refractivity contribution in [2.24, 2.45) is 0 Å². The molecule has 1 heterocycles. The fraction of sp³-hybridized carbons (Fsp3) is 0.250. The van der Waals surface area contributed by atoms with Crippen LogP contribution in [-0.4, -0.2) is 18.0 Å². The number of hydrogen-bond acceptors (Lipinski definition) is 3. The first-order valence-corrected chi connectivity index (χ1v) is 5.22. The van der Waals surface area contributed by atoms with Gasteiger partial charge in [0.25, 0.3) is 10.1 Å². The molecule has 1 rings (SSSR count). The lowest BCUT2D eigenvalue weighted by Gasteiger charge is -2.09. The molecule has 1 N–H and O–H groups in total. The fourth-order valence-corrected chi connectivity index (χ4v) is 1.76. The molecular formula is C8H10NO3S. The molecule has 0 saturated heterocycles.